The number of nitrogens with one attached hydrogen (secondary N) is 2. The second-order valence-corrected chi connectivity index (χ2v) is 8.90. The molecule has 29 heavy (non-hydrogen) atoms. The van der Waals surface area contributed by atoms with E-state index in [0.29, 0.717) is 25.5 Å². The van der Waals surface area contributed by atoms with E-state index in [4.69, 9.17) is 0 Å². The Balaban J connectivity index is 0.00000300. The first-order chi connectivity index (χ1) is 13.4. The lowest BCUT2D eigenvalue weighted by Gasteiger charge is -2.17. The average molecular weight is 530 g/mol. The molecular formula is C19H23IN4O4S. The summed E-state index contributed by atoms with van der Waals surface area (Å²) >= 11 is 0. The van der Waals surface area contributed by atoms with Crippen LogP contribution in [0.15, 0.2) is 59.6 Å². The van der Waals surface area contributed by atoms with Gasteiger partial charge in [-0.2, -0.15) is 0 Å². The van der Waals surface area contributed by atoms with Gasteiger partial charge in [0.05, 0.1) is 23.0 Å². The molecule has 156 valence electrons. The van der Waals surface area contributed by atoms with E-state index in [1.54, 1.807) is 12.1 Å². The summed E-state index contributed by atoms with van der Waals surface area (Å²) in [6.45, 7) is 0.869. The monoisotopic (exact) mass is 530 g/mol. The summed E-state index contributed by atoms with van der Waals surface area (Å²) in [5, 5.41) is 17.1. The molecule has 10 heteroatoms. The maximum atomic E-state index is 11.7. The van der Waals surface area contributed by atoms with Crippen LogP contribution in [-0.2, 0) is 22.9 Å². The highest BCUT2D eigenvalue weighted by molar-refractivity contribution is 14.0. The van der Waals surface area contributed by atoms with Gasteiger partial charge >= 0.3 is 0 Å². The summed E-state index contributed by atoms with van der Waals surface area (Å²) in [6, 6.07) is 15.8. The molecule has 2 aromatic rings. The number of rotatable bonds is 6. The molecule has 1 fully saturated rings. The lowest BCUT2D eigenvalue weighted by Crippen LogP contribution is -2.43. The van der Waals surface area contributed by atoms with Gasteiger partial charge in [-0.3, -0.25) is 10.1 Å². The highest BCUT2D eigenvalue weighted by atomic mass is 127. The predicted molar refractivity (Wildman–Crippen MR) is 123 cm³/mol. The second kappa shape index (κ2) is 10.5. The quantitative estimate of drug-likeness (QED) is 0.195. The molecule has 1 atom stereocenters. The van der Waals surface area contributed by atoms with Gasteiger partial charge in [0.1, 0.15) is 0 Å². The summed E-state index contributed by atoms with van der Waals surface area (Å²) in [5.74, 6) is 0.791. The Morgan fingerprint density at radius 1 is 1.10 bits per heavy atom. The number of nitrogens with zero attached hydrogens (tertiary/aromatic N) is 2. The van der Waals surface area contributed by atoms with Crippen molar-refractivity contribution in [1.29, 1.82) is 0 Å². The summed E-state index contributed by atoms with van der Waals surface area (Å²) < 4.78 is 23.4. The van der Waals surface area contributed by atoms with Crippen LogP contribution in [0.1, 0.15) is 17.5 Å². The van der Waals surface area contributed by atoms with Crippen LogP contribution in [0, 0.1) is 10.1 Å². The Hall–Kier alpha value is -2.21. The number of non-ortho nitro benzene ring substituents is 1. The second-order valence-electron chi connectivity index (χ2n) is 6.67. The minimum atomic E-state index is -3.00. The number of hydrogen-bond acceptors (Lipinski definition) is 5. The lowest BCUT2D eigenvalue weighted by molar-refractivity contribution is -0.384. The number of guanidine groups is 1. The van der Waals surface area contributed by atoms with Crippen LogP contribution >= 0.6 is 24.0 Å². The van der Waals surface area contributed by atoms with Crippen LogP contribution in [0.3, 0.4) is 0 Å². The molecule has 8 nitrogen and oxygen atoms in total. The summed E-state index contributed by atoms with van der Waals surface area (Å²) in [4.78, 5) is 14.9. The van der Waals surface area contributed by atoms with Crippen LogP contribution in [0.2, 0.25) is 0 Å². The standard InChI is InChI=1S/C19H22N4O4S.HI/c24-23(25)18-8-6-16(7-9-18)13-21-19(20-12-15-4-2-1-3-5-15)22-17-10-11-28(26,27)14-17;/h1-9,17H,10-14H2,(H2,20,21,22);1H. The third kappa shape index (κ3) is 7.28. The fourth-order valence-corrected chi connectivity index (χ4v) is 4.60. The van der Waals surface area contributed by atoms with Gasteiger partial charge in [0, 0.05) is 24.7 Å². The zero-order valence-corrected chi connectivity index (χ0v) is 18.8. The smallest absolute Gasteiger partial charge is 0.269 e. The van der Waals surface area contributed by atoms with E-state index in [-0.39, 0.29) is 47.2 Å². The maximum Gasteiger partial charge on any atom is 0.269 e. The zero-order chi connectivity index (χ0) is 20.0. The van der Waals surface area contributed by atoms with Crippen molar-refractivity contribution in [2.75, 3.05) is 11.5 Å². The molecular weight excluding hydrogens is 507 g/mol. The summed E-state index contributed by atoms with van der Waals surface area (Å²) in [6.07, 6.45) is 0.548. The van der Waals surface area contributed by atoms with Crippen molar-refractivity contribution in [3.63, 3.8) is 0 Å². The first kappa shape index (κ1) is 23.1. The van der Waals surface area contributed by atoms with E-state index in [1.165, 1.54) is 12.1 Å². The van der Waals surface area contributed by atoms with Gasteiger partial charge in [0.15, 0.2) is 15.8 Å². The minimum Gasteiger partial charge on any atom is -0.353 e. The Morgan fingerprint density at radius 3 is 2.38 bits per heavy atom. The molecule has 1 aliphatic rings. The first-order valence-corrected chi connectivity index (χ1v) is 10.8. The van der Waals surface area contributed by atoms with E-state index in [1.807, 2.05) is 30.3 Å². The molecule has 0 radical (unpaired) electrons. The number of halogens is 1. The van der Waals surface area contributed by atoms with Gasteiger partial charge in [-0.25, -0.2) is 13.4 Å². The third-order valence-electron chi connectivity index (χ3n) is 4.44. The van der Waals surface area contributed by atoms with Crippen LogP contribution < -0.4 is 10.6 Å². The normalized spacial score (nSPS) is 17.9. The Morgan fingerprint density at radius 2 is 1.79 bits per heavy atom. The van der Waals surface area contributed by atoms with Crippen molar-refractivity contribution in [2.45, 2.75) is 25.6 Å². The van der Waals surface area contributed by atoms with Crippen LogP contribution in [0.5, 0.6) is 0 Å². The first-order valence-electron chi connectivity index (χ1n) is 8.94. The fraction of sp³-hybridized carbons (Fsp3) is 0.316. The molecule has 2 aromatic carbocycles. The number of sulfone groups is 1. The zero-order valence-electron chi connectivity index (χ0n) is 15.7. The molecule has 2 N–H and O–H groups in total. The molecule has 0 saturated carbocycles. The van der Waals surface area contributed by atoms with Crippen molar-refractivity contribution in [2.24, 2.45) is 4.99 Å². The lowest BCUT2D eigenvalue weighted by atomic mass is 10.2. The molecule has 0 aliphatic carbocycles. The van der Waals surface area contributed by atoms with Crippen LogP contribution in [0.4, 0.5) is 5.69 Å². The van der Waals surface area contributed by atoms with Gasteiger partial charge < -0.3 is 10.6 Å². The number of hydrogen-bond donors (Lipinski definition) is 2. The molecule has 0 aromatic heterocycles. The van der Waals surface area contributed by atoms with Gasteiger partial charge in [-0.15, -0.1) is 24.0 Å². The van der Waals surface area contributed by atoms with Crippen molar-refractivity contribution >= 4 is 45.5 Å². The molecule has 0 amide bonds. The maximum absolute atomic E-state index is 11.7. The van der Waals surface area contributed by atoms with Crippen molar-refractivity contribution in [3.05, 3.63) is 75.8 Å². The molecule has 0 spiro atoms. The van der Waals surface area contributed by atoms with E-state index < -0.39 is 14.8 Å². The Kier molecular flexibility index (Phi) is 8.38. The van der Waals surface area contributed by atoms with Crippen molar-refractivity contribution in [1.82, 2.24) is 10.6 Å². The Labute approximate surface area is 186 Å². The van der Waals surface area contributed by atoms with Crippen LogP contribution in [-0.4, -0.2) is 36.8 Å². The molecule has 3 rings (SSSR count). The molecule has 0 bridgehead atoms. The van der Waals surface area contributed by atoms with Gasteiger partial charge in [-0.05, 0) is 17.5 Å². The van der Waals surface area contributed by atoms with E-state index in [2.05, 4.69) is 15.6 Å². The minimum absolute atomic E-state index is 0. The fourth-order valence-electron chi connectivity index (χ4n) is 2.93. The SMILES string of the molecule is I.O=[N+]([O-])c1ccc(CNC(=NCc2ccccc2)NC2CCS(=O)(=O)C2)cc1. The summed E-state index contributed by atoms with van der Waals surface area (Å²) in [5.41, 5.74) is 1.94. The number of benzene rings is 2. The highest BCUT2D eigenvalue weighted by Crippen LogP contribution is 2.13. The number of nitro benzene ring substituents is 1. The number of nitro groups is 1. The topological polar surface area (TPSA) is 114 Å². The largest absolute Gasteiger partial charge is 0.353 e. The van der Waals surface area contributed by atoms with E-state index in [9.17, 15) is 18.5 Å². The number of aliphatic imine (C=N–C) groups is 1. The molecule has 1 aliphatic heterocycles. The summed E-state index contributed by atoms with van der Waals surface area (Å²) in [7, 11) is -3.00. The van der Waals surface area contributed by atoms with Gasteiger partial charge in [0.2, 0.25) is 0 Å². The third-order valence-corrected chi connectivity index (χ3v) is 6.21. The highest BCUT2D eigenvalue weighted by Gasteiger charge is 2.28. The molecule has 1 unspecified atom stereocenters. The molecule has 1 heterocycles. The van der Waals surface area contributed by atoms with Gasteiger partial charge in [-0.1, -0.05) is 42.5 Å². The van der Waals surface area contributed by atoms with Crippen molar-refractivity contribution in [3.8, 4) is 0 Å². The molecule has 1 saturated heterocycles. The average Bonchev–Trinajstić information content (AvgIpc) is 3.03. The Bertz CT molecular complexity index is 950. The van der Waals surface area contributed by atoms with E-state index in [0.717, 1.165) is 11.1 Å². The van der Waals surface area contributed by atoms with E-state index >= 15 is 0 Å². The van der Waals surface area contributed by atoms with Gasteiger partial charge in [0.25, 0.3) is 5.69 Å². The predicted octanol–water partition coefficient (Wildman–Crippen LogP) is 2.64. The van der Waals surface area contributed by atoms with Crippen molar-refractivity contribution < 1.29 is 13.3 Å². The van der Waals surface area contributed by atoms with Crippen LogP contribution in [0.25, 0.3) is 0 Å².